The number of amides is 2. The van der Waals surface area contributed by atoms with Gasteiger partial charge in [0.25, 0.3) is 0 Å². The molecule has 2 N–H and O–H groups in total. The number of sulfone groups is 1. The predicted octanol–water partition coefficient (Wildman–Crippen LogP) is 1.16. The maximum absolute atomic E-state index is 12.0. The molecule has 0 bridgehead atoms. The van der Waals surface area contributed by atoms with Gasteiger partial charge in [-0.25, -0.2) is 13.2 Å². The lowest BCUT2D eigenvalue weighted by Crippen LogP contribution is -2.46. The third kappa shape index (κ3) is 2.80. The molecule has 1 aliphatic carbocycles. The zero-order chi connectivity index (χ0) is 14.2. The van der Waals surface area contributed by atoms with Crippen LogP contribution in [-0.2, 0) is 15.4 Å². The summed E-state index contributed by atoms with van der Waals surface area (Å²) < 4.78 is 22.7. The van der Waals surface area contributed by atoms with Crippen molar-refractivity contribution in [2.75, 3.05) is 11.5 Å². The molecule has 0 radical (unpaired) electrons. The summed E-state index contributed by atoms with van der Waals surface area (Å²) in [5.74, 6) is 0.223. The van der Waals surface area contributed by atoms with E-state index in [1.807, 2.05) is 30.3 Å². The first kappa shape index (κ1) is 13.4. The Morgan fingerprint density at radius 2 is 1.90 bits per heavy atom. The van der Waals surface area contributed by atoms with Gasteiger partial charge in [0.05, 0.1) is 17.0 Å². The quantitative estimate of drug-likeness (QED) is 0.878. The monoisotopic (exact) mass is 294 g/mol. The van der Waals surface area contributed by atoms with Gasteiger partial charge in [0, 0.05) is 6.04 Å². The fourth-order valence-corrected chi connectivity index (χ4v) is 4.39. The summed E-state index contributed by atoms with van der Waals surface area (Å²) in [5.41, 5.74) is 0.845. The standard InChI is InChI=1S/C14H18N2O3S/c17-13(15-12-6-9-20(18,19)10-12)16-14(7-8-14)11-4-2-1-3-5-11/h1-5,12H,6-10H2,(H2,15,16,17). The molecule has 1 saturated heterocycles. The molecule has 1 unspecified atom stereocenters. The molecular weight excluding hydrogens is 276 g/mol. The molecule has 1 aromatic rings. The lowest BCUT2D eigenvalue weighted by molar-refractivity contribution is 0.233. The van der Waals surface area contributed by atoms with Crippen LogP contribution in [0, 0.1) is 0 Å². The Kier molecular flexibility index (Phi) is 3.20. The summed E-state index contributed by atoms with van der Waals surface area (Å²) in [6, 6.07) is 9.35. The van der Waals surface area contributed by atoms with Crippen molar-refractivity contribution in [1.29, 1.82) is 0 Å². The number of nitrogens with one attached hydrogen (secondary N) is 2. The van der Waals surface area contributed by atoms with Crippen molar-refractivity contribution < 1.29 is 13.2 Å². The molecule has 0 aromatic heterocycles. The molecule has 1 heterocycles. The minimum Gasteiger partial charge on any atom is -0.334 e. The second-order valence-corrected chi connectivity index (χ2v) is 7.88. The van der Waals surface area contributed by atoms with Crippen molar-refractivity contribution in [2.45, 2.75) is 30.8 Å². The molecular formula is C14H18N2O3S. The van der Waals surface area contributed by atoms with Gasteiger partial charge in [0.2, 0.25) is 0 Å². The van der Waals surface area contributed by atoms with Crippen LogP contribution < -0.4 is 10.6 Å². The number of hydrogen-bond acceptors (Lipinski definition) is 3. The molecule has 1 aromatic carbocycles. The van der Waals surface area contributed by atoms with Gasteiger partial charge in [-0.15, -0.1) is 0 Å². The third-order valence-electron chi connectivity index (χ3n) is 4.00. The third-order valence-corrected chi connectivity index (χ3v) is 5.76. The van der Waals surface area contributed by atoms with Crippen LogP contribution in [0.5, 0.6) is 0 Å². The molecule has 2 fully saturated rings. The summed E-state index contributed by atoms with van der Waals surface area (Å²) in [6.07, 6.45) is 2.36. The molecule has 1 saturated carbocycles. The topological polar surface area (TPSA) is 75.3 Å². The van der Waals surface area contributed by atoms with Gasteiger partial charge < -0.3 is 10.6 Å². The molecule has 1 atom stereocenters. The highest BCUT2D eigenvalue weighted by molar-refractivity contribution is 7.91. The highest BCUT2D eigenvalue weighted by Crippen LogP contribution is 2.45. The van der Waals surface area contributed by atoms with Crippen molar-refractivity contribution in [3.8, 4) is 0 Å². The van der Waals surface area contributed by atoms with Crippen LogP contribution in [0.15, 0.2) is 30.3 Å². The van der Waals surface area contributed by atoms with Crippen LogP contribution in [0.2, 0.25) is 0 Å². The Balaban J connectivity index is 1.60. The molecule has 1 aliphatic heterocycles. The number of urea groups is 1. The van der Waals surface area contributed by atoms with Crippen molar-refractivity contribution >= 4 is 15.9 Å². The van der Waals surface area contributed by atoms with Gasteiger partial charge in [-0.1, -0.05) is 30.3 Å². The van der Waals surface area contributed by atoms with Crippen LogP contribution in [0.4, 0.5) is 4.79 Å². The minimum absolute atomic E-state index is 0.0543. The van der Waals surface area contributed by atoms with Crippen molar-refractivity contribution in [1.82, 2.24) is 10.6 Å². The lowest BCUT2D eigenvalue weighted by atomic mass is 10.1. The van der Waals surface area contributed by atoms with E-state index in [0.29, 0.717) is 6.42 Å². The Hall–Kier alpha value is -1.56. The smallest absolute Gasteiger partial charge is 0.315 e. The number of rotatable bonds is 3. The summed E-state index contributed by atoms with van der Waals surface area (Å²) in [5, 5.41) is 5.76. The maximum atomic E-state index is 12.0. The average Bonchev–Trinajstić information content (AvgIpc) is 3.10. The molecule has 5 nitrogen and oxygen atoms in total. The molecule has 108 valence electrons. The van der Waals surface area contributed by atoms with Crippen LogP contribution in [0.1, 0.15) is 24.8 Å². The molecule has 3 rings (SSSR count). The van der Waals surface area contributed by atoms with Crippen molar-refractivity contribution in [2.24, 2.45) is 0 Å². The van der Waals surface area contributed by atoms with E-state index >= 15 is 0 Å². The summed E-state index contributed by atoms with van der Waals surface area (Å²) >= 11 is 0. The Morgan fingerprint density at radius 1 is 1.20 bits per heavy atom. The van der Waals surface area contributed by atoms with Gasteiger partial charge in [-0.3, -0.25) is 0 Å². The zero-order valence-electron chi connectivity index (χ0n) is 11.1. The Bertz CT molecular complexity index is 609. The first-order chi connectivity index (χ1) is 9.49. The number of carbonyl (C=O) groups is 1. The van der Waals surface area contributed by atoms with Crippen molar-refractivity contribution in [3.05, 3.63) is 35.9 Å². The Labute approximate surface area is 118 Å². The SMILES string of the molecule is O=C(NC1CCS(=O)(=O)C1)NC1(c2ccccc2)CC1. The van der Waals surface area contributed by atoms with E-state index < -0.39 is 9.84 Å². The van der Waals surface area contributed by atoms with E-state index in [9.17, 15) is 13.2 Å². The average molecular weight is 294 g/mol. The Morgan fingerprint density at radius 3 is 2.45 bits per heavy atom. The molecule has 20 heavy (non-hydrogen) atoms. The van der Waals surface area contributed by atoms with E-state index in [-0.39, 0.29) is 29.1 Å². The van der Waals surface area contributed by atoms with E-state index in [1.54, 1.807) is 0 Å². The molecule has 2 amide bonds. The van der Waals surface area contributed by atoms with Crippen LogP contribution in [0.25, 0.3) is 0 Å². The van der Waals surface area contributed by atoms with Gasteiger partial charge in [-0.05, 0) is 24.8 Å². The fraction of sp³-hybridized carbons (Fsp3) is 0.500. The van der Waals surface area contributed by atoms with E-state index in [4.69, 9.17) is 0 Å². The van der Waals surface area contributed by atoms with Gasteiger partial charge in [0.15, 0.2) is 9.84 Å². The largest absolute Gasteiger partial charge is 0.334 e. The van der Waals surface area contributed by atoms with Crippen molar-refractivity contribution in [3.63, 3.8) is 0 Å². The first-order valence-electron chi connectivity index (χ1n) is 6.84. The fourth-order valence-electron chi connectivity index (χ4n) is 2.72. The van der Waals surface area contributed by atoms with Gasteiger partial charge in [0.1, 0.15) is 0 Å². The highest BCUT2D eigenvalue weighted by atomic mass is 32.2. The van der Waals surface area contributed by atoms with Gasteiger partial charge in [-0.2, -0.15) is 0 Å². The van der Waals surface area contributed by atoms with Crippen LogP contribution in [-0.4, -0.2) is 32.0 Å². The van der Waals surface area contributed by atoms with E-state index in [2.05, 4.69) is 10.6 Å². The normalized spacial score (nSPS) is 25.9. The summed E-state index contributed by atoms with van der Waals surface area (Å²) in [6.45, 7) is 0. The summed E-state index contributed by atoms with van der Waals surface area (Å²) in [7, 11) is -2.96. The van der Waals surface area contributed by atoms with Crippen LogP contribution in [0.3, 0.4) is 0 Å². The predicted molar refractivity (Wildman–Crippen MR) is 76.1 cm³/mol. The summed E-state index contributed by atoms with van der Waals surface area (Å²) in [4.78, 5) is 12.0. The second kappa shape index (κ2) is 4.77. The van der Waals surface area contributed by atoms with E-state index in [1.165, 1.54) is 0 Å². The van der Waals surface area contributed by atoms with Gasteiger partial charge >= 0.3 is 6.03 Å². The molecule has 2 aliphatic rings. The first-order valence-corrected chi connectivity index (χ1v) is 8.66. The number of carbonyl (C=O) groups excluding carboxylic acids is 1. The highest BCUT2D eigenvalue weighted by Gasteiger charge is 2.46. The maximum Gasteiger partial charge on any atom is 0.315 e. The number of hydrogen-bond donors (Lipinski definition) is 2. The van der Waals surface area contributed by atoms with E-state index in [0.717, 1.165) is 18.4 Å². The number of benzene rings is 1. The zero-order valence-corrected chi connectivity index (χ0v) is 11.9. The molecule has 0 spiro atoms. The lowest BCUT2D eigenvalue weighted by Gasteiger charge is -2.20. The minimum atomic E-state index is -2.96. The van der Waals surface area contributed by atoms with Crippen LogP contribution >= 0.6 is 0 Å². The molecule has 6 heteroatoms. The second-order valence-electron chi connectivity index (χ2n) is 5.65.